The highest BCUT2D eigenvalue weighted by Crippen LogP contribution is 2.48. The molecule has 1 heterocycles. The smallest absolute Gasteiger partial charge is 0.255 e. The average molecular weight is 634 g/mol. The molecule has 3 aromatic carbocycles. The van der Waals surface area contributed by atoms with Crippen LogP contribution in [-0.4, -0.2) is 39.3 Å². The summed E-state index contributed by atoms with van der Waals surface area (Å²) in [5.74, 6) is -1.12. The number of aliphatic hydroxyl groups excluding tert-OH is 1. The van der Waals surface area contributed by atoms with E-state index in [9.17, 15) is 27.1 Å². The van der Waals surface area contributed by atoms with Gasteiger partial charge >= 0.3 is 0 Å². The molecule has 4 aromatic rings. The maximum absolute atomic E-state index is 14.4. The van der Waals surface area contributed by atoms with Crippen molar-refractivity contribution in [2.24, 2.45) is 0 Å². The van der Waals surface area contributed by atoms with E-state index in [0.29, 0.717) is 21.1 Å². The van der Waals surface area contributed by atoms with Gasteiger partial charge in [0.1, 0.15) is 23.0 Å². The highest BCUT2D eigenvalue weighted by atomic mass is 79.9. The van der Waals surface area contributed by atoms with Crippen LogP contribution in [0.5, 0.6) is 0 Å². The highest BCUT2D eigenvalue weighted by Gasteiger charge is 2.33. The molecule has 1 saturated carbocycles. The molecule has 1 aliphatic rings. The lowest BCUT2D eigenvalue weighted by atomic mass is 10.00. The number of nitrogens with zero attached hydrogens (tertiary/aromatic N) is 1. The summed E-state index contributed by atoms with van der Waals surface area (Å²) < 4.78 is 61.9. The second-order valence-corrected chi connectivity index (χ2v) is 12.6. The van der Waals surface area contributed by atoms with Gasteiger partial charge in [0.25, 0.3) is 5.91 Å². The Kier molecular flexibility index (Phi) is 7.73. The van der Waals surface area contributed by atoms with Crippen LogP contribution in [0.25, 0.3) is 22.3 Å². The van der Waals surface area contributed by atoms with E-state index >= 15 is 0 Å². The number of hydrogen-bond donors (Lipinski definition) is 2. The van der Waals surface area contributed by atoms with Crippen LogP contribution in [-0.2, 0) is 10.0 Å². The summed E-state index contributed by atoms with van der Waals surface area (Å²) in [4.78, 5) is 13.0. The number of furan rings is 1. The van der Waals surface area contributed by atoms with Gasteiger partial charge in [-0.3, -0.25) is 9.10 Å². The number of hydrogen-bond acceptors (Lipinski definition) is 5. The Labute approximate surface area is 239 Å². The van der Waals surface area contributed by atoms with Crippen LogP contribution in [0.15, 0.2) is 63.5 Å². The van der Waals surface area contributed by atoms with E-state index in [1.54, 1.807) is 18.2 Å². The van der Waals surface area contributed by atoms with E-state index in [0.717, 1.165) is 24.7 Å². The van der Waals surface area contributed by atoms with Crippen molar-refractivity contribution in [2.75, 3.05) is 24.2 Å². The van der Waals surface area contributed by atoms with Crippen LogP contribution >= 0.6 is 15.9 Å². The summed E-state index contributed by atoms with van der Waals surface area (Å²) in [5, 5.41) is 13.9. The zero-order chi connectivity index (χ0) is 28.8. The minimum absolute atomic E-state index is 0.0546. The Morgan fingerprint density at radius 3 is 2.48 bits per heavy atom. The Bertz CT molecular complexity index is 1680. The van der Waals surface area contributed by atoms with Gasteiger partial charge in [0.05, 0.1) is 23.6 Å². The third-order valence-electron chi connectivity index (χ3n) is 7.02. The fourth-order valence-electron chi connectivity index (χ4n) is 4.92. The summed E-state index contributed by atoms with van der Waals surface area (Å²) in [5.41, 5.74) is 2.20. The van der Waals surface area contributed by atoms with Gasteiger partial charge in [0.2, 0.25) is 10.0 Å². The quantitative estimate of drug-likeness (QED) is 0.227. The van der Waals surface area contributed by atoms with Crippen LogP contribution in [0.2, 0.25) is 0 Å². The molecule has 1 fully saturated rings. The van der Waals surface area contributed by atoms with Gasteiger partial charge in [-0.05, 0) is 73.2 Å². The number of fused-ring (bicyclic) bond motifs is 1. The lowest BCUT2D eigenvalue weighted by molar-refractivity contribution is 0.0964. The van der Waals surface area contributed by atoms with Gasteiger partial charge in [0.15, 0.2) is 0 Å². The predicted molar refractivity (Wildman–Crippen MR) is 153 cm³/mol. The van der Waals surface area contributed by atoms with E-state index in [1.165, 1.54) is 47.8 Å². The SMILES string of the molecule is CNC(=O)c1c(-c2ccc(F)cc2)oc2cc(N(CCC(O)c3c(F)cccc3Br)S(C)(=O)=O)c(C3CC3)cc12. The van der Waals surface area contributed by atoms with Crippen LogP contribution in [0.4, 0.5) is 14.5 Å². The molecule has 0 bridgehead atoms. The fourth-order valence-corrected chi connectivity index (χ4v) is 6.48. The molecule has 5 rings (SSSR count). The van der Waals surface area contributed by atoms with Crippen molar-refractivity contribution < 1.29 is 31.5 Å². The van der Waals surface area contributed by atoms with Crippen molar-refractivity contribution in [1.29, 1.82) is 0 Å². The van der Waals surface area contributed by atoms with Gasteiger partial charge in [-0.1, -0.05) is 22.0 Å². The van der Waals surface area contributed by atoms with Crippen molar-refractivity contribution >= 4 is 48.5 Å². The lowest BCUT2D eigenvalue weighted by Crippen LogP contribution is -2.32. The molecule has 2 N–H and O–H groups in total. The lowest BCUT2D eigenvalue weighted by Gasteiger charge is -2.26. The second-order valence-electron chi connectivity index (χ2n) is 9.85. The highest BCUT2D eigenvalue weighted by molar-refractivity contribution is 9.10. The van der Waals surface area contributed by atoms with E-state index in [-0.39, 0.29) is 41.4 Å². The number of benzene rings is 3. The molecule has 0 radical (unpaired) electrons. The molecule has 1 amide bonds. The average Bonchev–Trinajstić information content (AvgIpc) is 3.68. The van der Waals surface area contributed by atoms with Crippen LogP contribution in [0, 0.1) is 11.6 Å². The molecule has 1 aliphatic carbocycles. The van der Waals surface area contributed by atoms with E-state index in [4.69, 9.17) is 4.42 Å². The van der Waals surface area contributed by atoms with E-state index < -0.39 is 33.7 Å². The first kappa shape index (κ1) is 28.3. The summed E-state index contributed by atoms with van der Waals surface area (Å²) >= 11 is 3.26. The Morgan fingerprint density at radius 1 is 1.18 bits per heavy atom. The number of anilines is 1. The van der Waals surface area contributed by atoms with Crippen molar-refractivity contribution in [3.8, 4) is 11.3 Å². The molecule has 1 atom stereocenters. The number of sulfonamides is 1. The summed E-state index contributed by atoms with van der Waals surface area (Å²) in [6, 6.07) is 13.3. The molecule has 0 aliphatic heterocycles. The summed E-state index contributed by atoms with van der Waals surface area (Å²) in [7, 11) is -2.34. The molecule has 11 heteroatoms. The first-order valence-corrected chi connectivity index (χ1v) is 15.3. The minimum Gasteiger partial charge on any atom is -0.455 e. The molecule has 1 aromatic heterocycles. The van der Waals surface area contributed by atoms with Gasteiger partial charge < -0.3 is 14.8 Å². The first-order valence-electron chi connectivity index (χ1n) is 12.7. The number of aliphatic hydroxyl groups is 1. The zero-order valence-corrected chi connectivity index (χ0v) is 24.2. The van der Waals surface area contributed by atoms with Crippen molar-refractivity contribution in [3.63, 3.8) is 0 Å². The Hall–Kier alpha value is -3.28. The second kappa shape index (κ2) is 10.9. The van der Waals surface area contributed by atoms with Crippen LogP contribution in [0.3, 0.4) is 0 Å². The zero-order valence-electron chi connectivity index (χ0n) is 21.7. The predicted octanol–water partition coefficient (Wildman–Crippen LogP) is 6.27. The van der Waals surface area contributed by atoms with E-state index in [2.05, 4.69) is 21.2 Å². The van der Waals surface area contributed by atoms with Gasteiger partial charge in [0, 0.05) is 40.6 Å². The molecule has 40 heavy (non-hydrogen) atoms. The molecule has 210 valence electrons. The monoisotopic (exact) mass is 632 g/mol. The topological polar surface area (TPSA) is 99.8 Å². The largest absolute Gasteiger partial charge is 0.455 e. The molecule has 7 nitrogen and oxygen atoms in total. The van der Waals surface area contributed by atoms with Gasteiger partial charge in [-0.25, -0.2) is 17.2 Å². The Morgan fingerprint density at radius 2 is 1.88 bits per heavy atom. The number of halogens is 3. The normalized spacial score (nSPS) is 14.3. The van der Waals surface area contributed by atoms with Crippen LogP contribution in [0.1, 0.15) is 52.8 Å². The standard InChI is InChI=1S/C29H27BrF2N2O5S/c1-33-29(36)26-20-14-19(16-6-7-16)23(15-25(20)39-28(26)17-8-10-18(31)11-9-17)34(40(2,37)38)13-12-24(35)27-21(30)4-3-5-22(27)32/h3-5,8-11,14-16,24,35H,6-7,12-13H2,1-2H3,(H,33,36). The third kappa shape index (κ3) is 5.50. The first-order chi connectivity index (χ1) is 19.0. The van der Waals surface area contributed by atoms with Gasteiger partial charge in [-0.15, -0.1) is 0 Å². The van der Waals surface area contributed by atoms with Crippen molar-refractivity contribution in [1.82, 2.24) is 5.32 Å². The molecule has 0 spiro atoms. The maximum Gasteiger partial charge on any atom is 0.255 e. The number of carbonyl (C=O) groups is 1. The number of nitrogens with one attached hydrogen (secondary N) is 1. The third-order valence-corrected chi connectivity index (χ3v) is 8.89. The molecule has 0 saturated heterocycles. The summed E-state index contributed by atoms with van der Waals surface area (Å²) in [6.07, 6.45) is 1.43. The maximum atomic E-state index is 14.4. The molecule has 1 unspecified atom stereocenters. The molecular weight excluding hydrogens is 606 g/mol. The van der Waals surface area contributed by atoms with Crippen molar-refractivity contribution in [3.05, 3.63) is 87.4 Å². The van der Waals surface area contributed by atoms with Crippen molar-refractivity contribution in [2.45, 2.75) is 31.3 Å². The summed E-state index contributed by atoms with van der Waals surface area (Å²) in [6.45, 7) is -0.125. The Balaban J connectivity index is 1.62. The van der Waals surface area contributed by atoms with Crippen LogP contribution < -0.4 is 9.62 Å². The van der Waals surface area contributed by atoms with Gasteiger partial charge in [-0.2, -0.15) is 0 Å². The fraction of sp³-hybridized carbons (Fsp3) is 0.276. The molecular formula is C29H27BrF2N2O5S. The number of amides is 1. The van der Waals surface area contributed by atoms with E-state index in [1.807, 2.05) is 0 Å². The number of rotatable bonds is 9. The number of carbonyl (C=O) groups excluding carboxylic acids is 1. The minimum atomic E-state index is -3.84.